The van der Waals surface area contributed by atoms with E-state index in [4.69, 9.17) is 5.10 Å². The fourth-order valence-electron chi connectivity index (χ4n) is 6.31. The Bertz CT molecular complexity index is 1420. The van der Waals surface area contributed by atoms with Gasteiger partial charge in [-0.15, -0.1) is 0 Å². The van der Waals surface area contributed by atoms with Crippen LogP contribution in [0.5, 0.6) is 0 Å². The first-order chi connectivity index (χ1) is 18.1. The van der Waals surface area contributed by atoms with Crippen molar-refractivity contribution in [1.82, 2.24) is 15.1 Å². The molecule has 1 N–H and O–H groups in total. The lowest BCUT2D eigenvalue weighted by molar-refractivity contribution is 0.408. The number of nitrogens with zero attached hydrogens (tertiary/aromatic N) is 2. The van der Waals surface area contributed by atoms with Crippen molar-refractivity contribution in [2.45, 2.75) is 51.1 Å². The molecule has 0 saturated heterocycles. The van der Waals surface area contributed by atoms with Crippen LogP contribution in [0.3, 0.4) is 0 Å². The van der Waals surface area contributed by atoms with Crippen LogP contribution in [-0.2, 0) is 13.0 Å². The topological polar surface area (TPSA) is 29.9 Å². The third-order valence-corrected chi connectivity index (χ3v) is 8.15. The van der Waals surface area contributed by atoms with Crippen LogP contribution in [0, 0.1) is 17.6 Å². The minimum Gasteiger partial charge on any atom is -0.306 e. The first kappa shape index (κ1) is 23.8. The fourth-order valence-corrected chi connectivity index (χ4v) is 6.31. The zero-order chi connectivity index (χ0) is 25.4. The van der Waals surface area contributed by atoms with Gasteiger partial charge in [-0.3, -0.25) is 0 Å². The maximum absolute atomic E-state index is 14.3. The molecule has 3 atom stereocenters. The van der Waals surface area contributed by atoms with Gasteiger partial charge in [-0.1, -0.05) is 66.6 Å². The second-order valence-electron chi connectivity index (χ2n) is 10.3. The number of nitrogens with one attached hydrogen (secondary N) is 1. The third kappa shape index (κ3) is 4.64. The highest BCUT2D eigenvalue weighted by Gasteiger charge is 2.37. The third-order valence-electron chi connectivity index (χ3n) is 8.15. The monoisotopic (exact) mass is 495 g/mol. The summed E-state index contributed by atoms with van der Waals surface area (Å²) >= 11 is 0. The summed E-state index contributed by atoms with van der Waals surface area (Å²) < 4.78 is 29.8. The number of fused-ring (bicyclic) bond motifs is 1. The Morgan fingerprint density at radius 2 is 1.73 bits per heavy atom. The predicted molar refractivity (Wildman–Crippen MR) is 142 cm³/mol. The van der Waals surface area contributed by atoms with Gasteiger partial charge in [0.25, 0.3) is 0 Å². The van der Waals surface area contributed by atoms with Crippen LogP contribution in [0.1, 0.15) is 60.5 Å². The molecule has 1 aromatic heterocycles. The Kier molecular flexibility index (Phi) is 6.47. The maximum atomic E-state index is 14.3. The summed E-state index contributed by atoms with van der Waals surface area (Å²) in [5, 5.41) is 8.37. The summed E-state index contributed by atoms with van der Waals surface area (Å²) in [6.07, 6.45) is 6.08. The van der Waals surface area contributed by atoms with E-state index in [9.17, 15) is 8.78 Å². The Hall–Kier alpha value is -3.57. The molecule has 1 unspecified atom stereocenters. The van der Waals surface area contributed by atoms with Gasteiger partial charge >= 0.3 is 0 Å². The zero-order valence-electron chi connectivity index (χ0n) is 21.0. The highest BCUT2D eigenvalue weighted by molar-refractivity contribution is 5.47. The van der Waals surface area contributed by atoms with E-state index >= 15 is 0 Å². The second kappa shape index (κ2) is 10.1. The molecule has 3 nitrogen and oxygen atoms in total. The van der Waals surface area contributed by atoms with Crippen LogP contribution < -0.4 is 5.32 Å². The number of rotatable bonds is 7. The Balaban J connectivity index is 1.25. The molecule has 5 heteroatoms. The van der Waals surface area contributed by atoms with Crippen LogP contribution in [0.4, 0.5) is 8.78 Å². The largest absolute Gasteiger partial charge is 0.306 e. The van der Waals surface area contributed by atoms with Gasteiger partial charge in [-0.25, -0.2) is 13.5 Å². The Labute approximate surface area is 216 Å². The molecule has 6 rings (SSSR count). The molecule has 2 aliphatic rings. The minimum absolute atomic E-state index is 0.133. The van der Waals surface area contributed by atoms with Crippen LogP contribution in [0.15, 0.2) is 96.2 Å². The zero-order valence-corrected chi connectivity index (χ0v) is 21.0. The van der Waals surface area contributed by atoms with E-state index in [-0.39, 0.29) is 17.7 Å². The van der Waals surface area contributed by atoms with Crippen LogP contribution in [0.2, 0.25) is 0 Å². The van der Waals surface area contributed by atoms with Gasteiger partial charge < -0.3 is 5.32 Å². The number of hydrogen-bond donors (Lipinski definition) is 1. The normalized spacial score (nSPS) is 19.5. The highest BCUT2D eigenvalue weighted by atomic mass is 19.1. The molecule has 0 aliphatic heterocycles. The number of benzene rings is 3. The number of aromatic nitrogens is 2. The summed E-state index contributed by atoms with van der Waals surface area (Å²) in [6, 6.07) is 24.2. The highest BCUT2D eigenvalue weighted by Crippen LogP contribution is 2.49. The van der Waals surface area contributed by atoms with Crippen LogP contribution in [-0.4, -0.2) is 9.78 Å². The summed E-state index contributed by atoms with van der Waals surface area (Å²) in [5.41, 5.74) is 8.39. The standard InChI is InChI=1S/C32H31F2N3/c1-21-28-20-36-37(27-15-13-26(33)14-16-27)31(28)18-24-12-11-23(32(21)24)17-30(22-7-3-2-4-8-22)35-19-25-9-5-6-10-29(25)34/h2-10,13-16,20-21,23,30,35H,11-12,17-19H2,1H3/t21-,23+,30?/m0/s1. The number of hydrogen-bond acceptors (Lipinski definition) is 2. The smallest absolute Gasteiger partial charge is 0.127 e. The van der Waals surface area contributed by atoms with Crippen LogP contribution in [0.25, 0.3) is 5.69 Å². The van der Waals surface area contributed by atoms with Crippen LogP contribution >= 0.6 is 0 Å². The summed E-state index contributed by atoms with van der Waals surface area (Å²) in [5.74, 6) is 0.353. The lowest BCUT2D eigenvalue weighted by atomic mass is 9.77. The van der Waals surface area contributed by atoms with Crippen molar-refractivity contribution in [3.05, 3.63) is 130 Å². The van der Waals surface area contributed by atoms with Gasteiger partial charge in [-0.05, 0) is 61.1 Å². The van der Waals surface area contributed by atoms with Crippen molar-refractivity contribution < 1.29 is 8.78 Å². The number of halogens is 2. The molecule has 0 bridgehead atoms. The van der Waals surface area contributed by atoms with E-state index in [1.807, 2.05) is 29.1 Å². The summed E-state index contributed by atoms with van der Waals surface area (Å²) in [6.45, 7) is 2.79. The predicted octanol–water partition coefficient (Wildman–Crippen LogP) is 7.44. The van der Waals surface area contributed by atoms with E-state index in [1.54, 1.807) is 23.8 Å². The van der Waals surface area contributed by atoms with Crippen molar-refractivity contribution in [2.75, 3.05) is 0 Å². The molecule has 3 aromatic carbocycles. The lowest BCUT2D eigenvalue weighted by Gasteiger charge is -2.30. The molecular weight excluding hydrogens is 464 g/mol. The molecule has 2 aliphatic carbocycles. The average molecular weight is 496 g/mol. The Morgan fingerprint density at radius 1 is 0.973 bits per heavy atom. The van der Waals surface area contributed by atoms with E-state index in [2.05, 4.69) is 36.5 Å². The maximum Gasteiger partial charge on any atom is 0.127 e. The molecule has 0 radical (unpaired) electrons. The summed E-state index contributed by atoms with van der Waals surface area (Å²) in [7, 11) is 0. The van der Waals surface area contributed by atoms with Gasteiger partial charge in [0.2, 0.25) is 0 Å². The molecule has 0 spiro atoms. The van der Waals surface area contributed by atoms with Crippen molar-refractivity contribution in [2.24, 2.45) is 5.92 Å². The van der Waals surface area contributed by atoms with E-state index in [1.165, 1.54) is 40.6 Å². The molecular formula is C32H31F2N3. The van der Waals surface area contributed by atoms with E-state index in [0.717, 1.165) is 31.4 Å². The molecule has 4 aromatic rings. The SMILES string of the molecule is C[C@@H]1C2=C(CC[C@@H]2CC(NCc2ccccc2F)c2ccccc2)Cc2c1cnn2-c1ccc(F)cc1. The van der Waals surface area contributed by atoms with Crippen molar-refractivity contribution in [3.63, 3.8) is 0 Å². The Morgan fingerprint density at radius 3 is 2.51 bits per heavy atom. The van der Waals surface area contributed by atoms with Gasteiger partial charge in [-0.2, -0.15) is 5.10 Å². The van der Waals surface area contributed by atoms with E-state index in [0.29, 0.717) is 23.9 Å². The van der Waals surface area contributed by atoms with Crippen molar-refractivity contribution >= 4 is 0 Å². The van der Waals surface area contributed by atoms with Crippen molar-refractivity contribution in [1.29, 1.82) is 0 Å². The summed E-state index contributed by atoms with van der Waals surface area (Å²) in [4.78, 5) is 0. The first-order valence-corrected chi connectivity index (χ1v) is 13.1. The minimum atomic E-state index is -0.238. The van der Waals surface area contributed by atoms with Gasteiger partial charge in [0, 0.05) is 36.1 Å². The fraction of sp³-hybridized carbons (Fsp3) is 0.281. The molecule has 0 fully saturated rings. The second-order valence-corrected chi connectivity index (χ2v) is 10.3. The average Bonchev–Trinajstić information content (AvgIpc) is 3.53. The molecule has 1 heterocycles. The molecule has 188 valence electrons. The quantitative estimate of drug-likeness (QED) is 0.270. The van der Waals surface area contributed by atoms with Gasteiger partial charge in [0.05, 0.1) is 17.6 Å². The van der Waals surface area contributed by atoms with Gasteiger partial charge in [0.15, 0.2) is 0 Å². The van der Waals surface area contributed by atoms with Crippen molar-refractivity contribution in [3.8, 4) is 5.69 Å². The first-order valence-electron chi connectivity index (χ1n) is 13.1. The van der Waals surface area contributed by atoms with Gasteiger partial charge in [0.1, 0.15) is 11.6 Å². The molecule has 0 saturated carbocycles. The molecule has 37 heavy (non-hydrogen) atoms. The van der Waals surface area contributed by atoms with E-state index < -0.39 is 0 Å². The lowest BCUT2D eigenvalue weighted by Crippen LogP contribution is -2.25. The number of allylic oxidation sites excluding steroid dienone is 2. The molecule has 0 amide bonds.